The number of rotatable bonds is 6. The quantitative estimate of drug-likeness (QED) is 0.287. The van der Waals surface area contributed by atoms with Crippen LogP contribution >= 0.6 is 12.2 Å². The number of anilines is 2. The zero-order valence-electron chi connectivity index (χ0n) is 20.8. The molecule has 0 spiro atoms. The second-order valence-corrected chi connectivity index (χ2v) is 11.4. The van der Waals surface area contributed by atoms with Gasteiger partial charge < -0.3 is 14.8 Å². The maximum Gasteiger partial charge on any atom is 0.416 e. The minimum absolute atomic E-state index is 0.353. The van der Waals surface area contributed by atoms with Gasteiger partial charge in [-0.25, -0.2) is 8.42 Å². The highest BCUT2D eigenvalue weighted by Gasteiger charge is 2.42. The number of thiocarbonyl (C=S) groups is 1. The molecule has 0 bridgehead atoms. The van der Waals surface area contributed by atoms with E-state index in [9.17, 15) is 21.6 Å². The van der Waals surface area contributed by atoms with Gasteiger partial charge in [-0.15, -0.1) is 0 Å². The highest BCUT2D eigenvalue weighted by molar-refractivity contribution is 7.92. The fourth-order valence-electron chi connectivity index (χ4n) is 4.75. The molecule has 1 saturated heterocycles. The van der Waals surface area contributed by atoms with Gasteiger partial charge in [-0.2, -0.15) is 13.2 Å². The molecule has 2 aromatic carbocycles. The second-order valence-electron chi connectivity index (χ2n) is 9.22. The number of hydrogen-bond acceptors (Lipinski definition) is 4. The molecule has 202 valence electrons. The van der Waals surface area contributed by atoms with Gasteiger partial charge in [0, 0.05) is 29.5 Å². The van der Waals surface area contributed by atoms with E-state index < -0.39 is 33.8 Å². The van der Waals surface area contributed by atoms with E-state index in [-0.39, 0.29) is 0 Å². The summed E-state index contributed by atoms with van der Waals surface area (Å²) in [5.74, 6) is 0. The lowest BCUT2D eigenvalue weighted by molar-refractivity contribution is -0.137. The summed E-state index contributed by atoms with van der Waals surface area (Å²) in [6, 6.07) is 18.6. The Labute approximate surface area is 229 Å². The zero-order valence-corrected chi connectivity index (χ0v) is 22.5. The molecule has 39 heavy (non-hydrogen) atoms. The maximum atomic E-state index is 13.5. The minimum Gasteiger partial charge on any atom is -0.351 e. The summed E-state index contributed by atoms with van der Waals surface area (Å²) in [6.45, 7) is 1.78. The summed E-state index contributed by atoms with van der Waals surface area (Å²) < 4.78 is 68.3. The van der Waals surface area contributed by atoms with Gasteiger partial charge in [-0.1, -0.05) is 12.1 Å². The molecule has 0 amide bonds. The van der Waals surface area contributed by atoms with Crippen LogP contribution in [0.15, 0.2) is 85.2 Å². The Morgan fingerprint density at radius 1 is 1.00 bits per heavy atom. The highest BCUT2D eigenvalue weighted by Crippen LogP contribution is 2.43. The van der Waals surface area contributed by atoms with Crippen LogP contribution in [0.3, 0.4) is 0 Å². The number of nitrogens with zero attached hydrogens (tertiary/aromatic N) is 3. The molecule has 0 unspecified atom stereocenters. The Morgan fingerprint density at radius 2 is 1.79 bits per heavy atom. The molecule has 0 aliphatic carbocycles. The number of pyridine rings is 1. The number of alkyl halides is 3. The van der Waals surface area contributed by atoms with Crippen LogP contribution in [-0.2, 0) is 16.2 Å². The summed E-state index contributed by atoms with van der Waals surface area (Å²) >= 11 is 5.76. The molecule has 12 heteroatoms. The Hall–Kier alpha value is -3.90. The van der Waals surface area contributed by atoms with Crippen molar-refractivity contribution < 1.29 is 21.6 Å². The Morgan fingerprint density at radius 3 is 2.46 bits per heavy atom. The van der Waals surface area contributed by atoms with Crippen molar-refractivity contribution in [2.75, 3.05) is 15.9 Å². The smallest absolute Gasteiger partial charge is 0.351 e. The second kappa shape index (κ2) is 10.0. The molecule has 1 fully saturated rings. The maximum absolute atomic E-state index is 13.5. The molecule has 1 aliphatic rings. The minimum atomic E-state index is -4.48. The molecule has 3 heterocycles. The Kier molecular flexibility index (Phi) is 6.85. The van der Waals surface area contributed by atoms with E-state index in [4.69, 9.17) is 12.2 Å². The van der Waals surface area contributed by atoms with E-state index in [2.05, 4.69) is 15.0 Å². The third kappa shape index (κ3) is 5.48. The van der Waals surface area contributed by atoms with Crippen LogP contribution in [0.2, 0.25) is 0 Å². The number of halogens is 3. The third-order valence-corrected chi connectivity index (χ3v) is 7.32. The largest absolute Gasteiger partial charge is 0.416 e. The number of aromatic nitrogens is 2. The van der Waals surface area contributed by atoms with Gasteiger partial charge in [0.1, 0.15) is 6.04 Å². The van der Waals surface area contributed by atoms with Crippen molar-refractivity contribution in [2.45, 2.75) is 25.2 Å². The number of aryl methyl sites for hydroxylation is 1. The number of benzene rings is 2. The first kappa shape index (κ1) is 26.7. The molecule has 0 saturated carbocycles. The van der Waals surface area contributed by atoms with Crippen LogP contribution in [0.5, 0.6) is 0 Å². The van der Waals surface area contributed by atoms with Crippen LogP contribution in [0, 0.1) is 6.92 Å². The summed E-state index contributed by atoms with van der Waals surface area (Å²) in [6.07, 6.45) is -0.0252. The van der Waals surface area contributed by atoms with Gasteiger partial charge in [0.25, 0.3) is 0 Å². The summed E-state index contributed by atoms with van der Waals surface area (Å²) in [4.78, 5) is 6.40. The molecular formula is C27H24F3N5O2S2. The van der Waals surface area contributed by atoms with Gasteiger partial charge in [-0.05, 0) is 85.4 Å². The van der Waals surface area contributed by atoms with E-state index in [0.717, 1.165) is 18.4 Å². The number of nitrogens with one attached hydrogen (secondary N) is 2. The number of hydrogen-bond donors (Lipinski definition) is 2. The van der Waals surface area contributed by atoms with Crippen molar-refractivity contribution in [3.8, 4) is 5.69 Å². The van der Waals surface area contributed by atoms with Crippen LogP contribution in [-0.4, -0.2) is 29.3 Å². The van der Waals surface area contributed by atoms with E-state index in [1.165, 1.54) is 6.07 Å². The molecule has 2 N–H and O–H groups in total. The van der Waals surface area contributed by atoms with E-state index in [1.807, 2.05) is 29.2 Å². The normalized spacial score (nSPS) is 17.8. The topological polar surface area (TPSA) is 79.3 Å². The lowest BCUT2D eigenvalue weighted by Crippen LogP contribution is -2.30. The SMILES string of the molecule is Cc1cc(N2C(=S)N[C@H](c3ccccn3)[C@H]2c2cccn2-c2cccc(C(F)(F)F)c2)ccc1NS(C)(=O)=O. The predicted octanol–water partition coefficient (Wildman–Crippen LogP) is 5.75. The van der Waals surface area contributed by atoms with Crippen LogP contribution in [0.4, 0.5) is 24.5 Å². The molecule has 2 atom stereocenters. The molecule has 7 nitrogen and oxygen atoms in total. The van der Waals surface area contributed by atoms with Crippen molar-refractivity contribution in [3.63, 3.8) is 0 Å². The van der Waals surface area contributed by atoms with Gasteiger partial charge in [0.2, 0.25) is 10.0 Å². The third-order valence-electron chi connectivity index (χ3n) is 6.42. The van der Waals surface area contributed by atoms with E-state index in [0.29, 0.717) is 39.1 Å². The first-order valence-corrected chi connectivity index (χ1v) is 14.2. The molecule has 2 aromatic heterocycles. The zero-order chi connectivity index (χ0) is 27.9. The average Bonchev–Trinajstić information content (AvgIpc) is 3.49. The van der Waals surface area contributed by atoms with Crippen LogP contribution in [0.25, 0.3) is 5.69 Å². The van der Waals surface area contributed by atoms with E-state index >= 15 is 0 Å². The van der Waals surface area contributed by atoms with Crippen molar-refractivity contribution in [2.24, 2.45) is 0 Å². The lowest BCUT2D eigenvalue weighted by atomic mass is 10.00. The van der Waals surface area contributed by atoms with Crippen molar-refractivity contribution in [3.05, 3.63) is 108 Å². The van der Waals surface area contributed by atoms with Gasteiger partial charge in [-0.3, -0.25) is 9.71 Å². The summed E-state index contributed by atoms with van der Waals surface area (Å²) in [5.41, 5.74) is 2.79. The van der Waals surface area contributed by atoms with Crippen molar-refractivity contribution >= 4 is 38.7 Å². The van der Waals surface area contributed by atoms with Gasteiger partial charge in [0.05, 0.1) is 29.2 Å². The molecule has 4 aromatic rings. The summed E-state index contributed by atoms with van der Waals surface area (Å²) in [7, 11) is -3.48. The predicted molar refractivity (Wildman–Crippen MR) is 148 cm³/mol. The number of sulfonamides is 1. The fourth-order valence-corrected chi connectivity index (χ4v) is 5.72. The molecule has 1 aliphatic heterocycles. The fraction of sp³-hybridized carbons (Fsp3) is 0.185. The first-order chi connectivity index (χ1) is 18.4. The van der Waals surface area contributed by atoms with Gasteiger partial charge in [0.15, 0.2) is 5.11 Å². The van der Waals surface area contributed by atoms with E-state index in [1.54, 1.807) is 54.2 Å². The average molecular weight is 572 g/mol. The summed E-state index contributed by atoms with van der Waals surface area (Å²) in [5, 5.41) is 3.73. The van der Waals surface area contributed by atoms with Gasteiger partial charge >= 0.3 is 6.18 Å². The first-order valence-electron chi connectivity index (χ1n) is 11.9. The van der Waals surface area contributed by atoms with Crippen molar-refractivity contribution in [1.82, 2.24) is 14.9 Å². The Balaban J connectivity index is 1.64. The monoisotopic (exact) mass is 571 g/mol. The molecular weight excluding hydrogens is 547 g/mol. The van der Waals surface area contributed by atoms with Crippen LogP contribution in [0.1, 0.15) is 34.6 Å². The van der Waals surface area contributed by atoms with Crippen LogP contribution < -0.4 is 14.9 Å². The Bertz CT molecular complexity index is 1640. The lowest BCUT2D eigenvalue weighted by Gasteiger charge is -2.29. The van der Waals surface area contributed by atoms with Crippen molar-refractivity contribution in [1.29, 1.82) is 0 Å². The highest BCUT2D eigenvalue weighted by atomic mass is 32.2. The molecule has 0 radical (unpaired) electrons. The molecule has 5 rings (SSSR count). The standard InChI is InChI=1S/C27H24F3N5O2S2/c1-17-15-20(11-12-21(17)33-39(2,36)37)35-25(24(32-26(35)38)22-9-3-4-13-31-22)23-10-6-14-34(23)19-8-5-7-18(16-19)27(28,29)30/h3-16,24-25,33H,1-2H3,(H,32,38)/t24-,25-/m1/s1.